The van der Waals surface area contributed by atoms with Crippen molar-refractivity contribution in [3.05, 3.63) is 51.8 Å². The Morgan fingerprint density at radius 3 is 2.23 bits per heavy atom. The highest BCUT2D eigenvalue weighted by Crippen LogP contribution is 2.24. The van der Waals surface area contributed by atoms with Crippen LogP contribution < -0.4 is 0 Å². The van der Waals surface area contributed by atoms with Crippen LogP contribution in [0.1, 0.15) is 47.2 Å². The van der Waals surface area contributed by atoms with Crippen molar-refractivity contribution in [1.82, 2.24) is 13.8 Å². The molecule has 0 N–H and O–H groups in total. The van der Waals surface area contributed by atoms with Crippen LogP contribution in [-0.2, 0) is 10.0 Å². The summed E-state index contributed by atoms with van der Waals surface area (Å²) in [4.78, 5) is 15.1. The van der Waals surface area contributed by atoms with Gasteiger partial charge < -0.3 is 4.57 Å². The summed E-state index contributed by atoms with van der Waals surface area (Å²) in [5.74, 6) is 0.0802. The second-order valence-corrected chi connectivity index (χ2v) is 10.6. The number of carbonyl (C=O) groups is 1. The van der Waals surface area contributed by atoms with Gasteiger partial charge in [-0.1, -0.05) is 17.7 Å². The van der Waals surface area contributed by atoms with Gasteiger partial charge in [-0.05, 0) is 58.4 Å². The second-order valence-electron chi connectivity index (χ2n) is 8.26. The molecule has 0 spiro atoms. The maximum absolute atomic E-state index is 12.9. The van der Waals surface area contributed by atoms with Gasteiger partial charge in [0.1, 0.15) is 0 Å². The number of hydrogen-bond donors (Lipinski definition) is 0. The number of aromatic nitrogens is 1. The van der Waals surface area contributed by atoms with Gasteiger partial charge in [-0.3, -0.25) is 9.69 Å². The number of Topliss-reactive ketones (excluding diaryl/α,β-unsaturated/α-hetero) is 1. The highest BCUT2D eigenvalue weighted by atomic mass is 35.5. The summed E-state index contributed by atoms with van der Waals surface area (Å²) in [6, 6.07) is 7.08. The van der Waals surface area contributed by atoms with Crippen LogP contribution in [0.5, 0.6) is 0 Å². The second kappa shape index (κ2) is 8.83. The molecular weight excluding hydrogens is 422 g/mol. The highest BCUT2D eigenvalue weighted by molar-refractivity contribution is 7.89. The standard InChI is InChI=1S/C22H30ClN3O3S/c1-15(2)26-17(4)12-20(18(26)5)22(27)14-24-8-10-25(11-9-24)30(28,29)19-7-6-16(3)21(23)13-19/h6-7,12-13,15H,8-11,14H2,1-5H3. The predicted molar refractivity (Wildman–Crippen MR) is 120 cm³/mol. The zero-order valence-corrected chi connectivity index (χ0v) is 19.8. The van der Waals surface area contributed by atoms with Crippen LogP contribution in [0.15, 0.2) is 29.2 Å². The molecular formula is C22H30ClN3O3S. The number of nitrogens with zero attached hydrogens (tertiary/aromatic N) is 3. The Labute approximate surface area is 184 Å². The summed E-state index contributed by atoms with van der Waals surface area (Å²) in [6.07, 6.45) is 0. The van der Waals surface area contributed by atoms with Crippen molar-refractivity contribution >= 4 is 27.4 Å². The number of aryl methyl sites for hydroxylation is 2. The highest BCUT2D eigenvalue weighted by Gasteiger charge is 2.30. The molecule has 0 radical (unpaired) electrons. The molecule has 0 amide bonds. The molecule has 3 rings (SSSR count). The molecule has 1 aliphatic heterocycles. The van der Waals surface area contributed by atoms with E-state index in [2.05, 4.69) is 18.4 Å². The quantitative estimate of drug-likeness (QED) is 0.626. The molecule has 0 aliphatic carbocycles. The van der Waals surface area contributed by atoms with Gasteiger partial charge in [-0.2, -0.15) is 4.31 Å². The van der Waals surface area contributed by atoms with Gasteiger partial charge in [0.15, 0.2) is 5.78 Å². The minimum absolute atomic E-state index is 0.0802. The molecule has 30 heavy (non-hydrogen) atoms. The average Bonchev–Trinajstić information content (AvgIpc) is 2.98. The van der Waals surface area contributed by atoms with Gasteiger partial charge in [0.2, 0.25) is 10.0 Å². The minimum atomic E-state index is -3.59. The summed E-state index contributed by atoms with van der Waals surface area (Å²) in [6.45, 7) is 12.1. The maximum Gasteiger partial charge on any atom is 0.243 e. The third-order valence-corrected chi connectivity index (χ3v) is 8.08. The number of hydrogen-bond acceptors (Lipinski definition) is 4. The smallest absolute Gasteiger partial charge is 0.243 e. The van der Waals surface area contributed by atoms with E-state index >= 15 is 0 Å². The molecule has 8 heteroatoms. The third kappa shape index (κ3) is 4.49. The number of sulfonamides is 1. The average molecular weight is 452 g/mol. The molecule has 0 atom stereocenters. The normalized spacial score (nSPS) is 16.4. The number of benzene rings is 1. The molecule has 1 aliphatic rings. The van der Waals surface area contributed by atoms with Crippen molar-refractivity contribution in [2.45, 2.75) is 45.6 Å². The topological polar surface area (TPSA) is 62.6 Å². The van der Waals surface area contributed by atoms with Gasteiger partial charge in [-0.25, -0.2) is 8.42 Å². The lowest BCUT2D eigenvalue weighted by atomic mass is 10.1. The number of ketones is 1. The molecule has 2 heterocycles. The summed E-state index contributed by atoms with van der Waals surface area (Å²) in [7, 11) is -3.59. The first-order valence-electron chi connectivity index (χ1n) is 10.2. The molecule has 6 nitrogen and oxygen atoms in total. The lowest BCUT2D eigenvalue weighted by Crippen LogP contribution is -2.49. The number of halogens is 1. The van der Waals surface area contributed by atoms with Crippen molar-refractivity contribution in [1.29, 1.82) is 0 Å². The van der Waals surface area contributed by atoms with Gasteiger partial charge in [-0.15, -0.1) is 0 Å². The van der Waals surface area contributed by atoms with Crippen LogP contribution in [0.3, 0.4) is 0 Å². The van der Waals surface area contributed by atoms with E-state index in [-0.39, 0.29) is 10.7 Å². The Morgan fingerprint density at radius 1 is 1.07 bits per heavy atom. The lowest BCUT2D eigenvalue weighted by molar-refractivity contribution is 0.0901. The fourth-order valence-corrected chi connectivity index (χ4v) is 5.85. The van der Waals surface area contributed by atoms with E-state index in [1.165, 1.54) is 10.4 Å². The van der Waals surface area contributed by atoms with Crippen molar-refractivity contribution in [3.63, 3.8) is 0 Å². The number of carbonyl (C=O) groups excluding carboxylic acids is 1. The summed E-state index contributed by atoms with van der Waals surface area (Å²) in [5.41, 5.74) is 3.67. The van der Waals surface area contributed by atoms with Crippen LogP contribution in [0.2, 0.25) is 5.02 Å². The molecule has 0 saturated carbocycles. The van der Waals surface area contributed by atoms with E-state index in [4.69, 9.17) is 11.6 Å². The molecule has 0 unspecified atom stereocenters. The van der Waals surface area contributed by atoms with E-state index in [1.54, 1.807) is 12.1 Å². The van der Waals surface area contributed by atoms with E-state index in [9.17, 15) is 13.2 Å². The van der Waals surface area contributed by atoms with Crippen molar-refractivity contribution < 1.29 is 13.2 Å². The van der Waals surface area contributed by atoms with E-state index < -0.39 is 10.0 Å². The fourth-order valence-electron chi connectivity index (χ4n) is 4.15. The summed E-state index contributed by atoms with van der Waals surface area (Å²) in [5, 5.41) is 0.444. The summed E-state index contributed by atoms with van der Waals surface area (Å²) >= 11 is 6.11. The molecule has 0 bridgehead atoms. The first kappa shape index (κ1) is 23.0. The van der Waals surface area contributed by atoms with Crippen LogP contribution in [0.4, 0.5) is 0 Å². The zero-order valence-electron chi connectivity index (χ0n) is 18.3. The van der Waals surface area contributed by atoms with Crippen LogP contribution in [0.25, 0.3) is 0 Å². The Hall–Kier alpha value is -1.67. The third-order valence-electron chi connectivity index (χ3n) is 5.78. The molecule has 164 valence electrons. The molecule has 1 aromatic carbocycles. The van der Waals surface area contributed by atoms with Gasteiger partial charge in [0.25, 0.3) is 0 Å². The van der Waals surface area contributed by atoms with Gasteiger partial charge in [0, 0.05) is 54.2 Å². The Kier molecular flexibility index (Phi) is 6.77. The van der Waals surface area contributed by atoms with Gasteiger partial charge in [0.05, 0.1) is 11.4 Å². The van der Waals surface area contributed by atoms with E-state index in [1.807, 2.05) is 31.7 Å². The van der Waals surface area contributed by atoms with Crippen molar-refractivity contribution in [2.75, 3.05) is 32.7 Å². The minimum Gasteiger partial charge on any atom is -0.346 e. The summed E-state index contributed by atoms with van der Waals surface area (Å²) < 4.78 is 29.5. The largest absolute Gasteiger partial charge is 0.346 e. The molecule has 1 aromatic heterocycles. The Bertz CT molecular complexity index is 1050. The molecule has 1 saturated heterocycles. The maximum atomic E-state index is 12.9. The molecule has 2 aromatic rings. The van der Waals surface area contributed by atoms with E-state index in [0.717, 1.165) is 22.5 Å². The Balaban J connectivity index is 1.65. The van der Waals surface area contributed by atoms with Crippen LogP contribution >= 0.6 is 11.6 Å². The fraction of sp³-hybridized carbons (Fsp3) is 0.500. The number of rotatable bonds is 6. The zero-order chi connectivity index (χ0) is 22.2. The van der Waals surface area contributed by atoms with Crippen LogP contribution in [0, 0.1) is 20.8 Å². The monoisotopic (exact) mass is 451 g/mol. The van der Waals surface area contributed by atoms with Crippen molar-refractivity contribution in [3.8, 4) is 0 Å². The first-order valence-corrected chi connectivity index (χ1v) is 12.0. The SMILES string of the molecule is Cc1ccc(S(=O)(=O)N2CCN(CC(=O)c3cc(C)n(C(C)C)c3C)CC2)cc1Cl. The first-order chi connectivity index (χ1) is 14.0. The van der Waals surface area contributed by atoms with E-state index in [0.29, 0.717) is 43.8 Å². The predicted octanol–water partition coefficient (Wildman–Crippen LogP) is 3.84. The van der Waals surface area contributed by atoms with Crippen LogP contribution in [-0.4, -0.2) is 60.7 Å². The van der Waals surface area contributed by atoms with Gasteiger partial charge >= 0.3 is 0 Å². The number of piperazine rings is 1. The Morgan fingerprint density at radius 2 is 1.70 bits per heavy atom. The molecule has 1 fully saturated rings. The lowest BCUT2D eigenvalue weighted by Gasteiger charge is -2.33. The van der Waals surface area contributed by atoms with Crippen molar-refractivity contribution in [2.24, 2.45) is 0 Å².